The van der Waals surface area contributed by atoms with Crippen molar-refractivity contribution in [1.82, 2.24) is 0 Å². The van der Waals surface area contributed by atoms with Crippen LogP contribution >= 0.6 is 0 Å². The first-order valence-corrected chi connectivity index (χ1v) is 9.64. The third-order valence-electron chi connectivity index (χ3n) is 4.82. The number of esters is 1. The fourth-order valence-electron chi connectivity index (χ4n) is 3.48. The van der Waals surface area contributed by atoms with E-state index < -0.39 is 33.6 Å². The monoisotopic (exact) mass is 336 g/mol. The molecule has 2 saturated carbocycles. The van der Waals surface area contributed by atoms with Crippen LogP contribution in [0.2, 0.25) is 0 Å². The van der Waals surface area contributed by atoms with Crippen LogP contribution in [0, 0.1) is 5.92 Å². The first-order valence-electron chi connectivity index (χ1n) is 8.20. The highest BCUT2D eigenvalue weighted by atomic mass is 32.2. The van der Waals surface area contributed by atoms with Crippen LogP contribution < -0.4 is 0 Å². The Morgan fingerprint density at radius 2 is 1.55 bits per heavy atom. The molecule has 128 valence electrons. The van der Waals surface area contributed by atoms with Crippen molar-refractivity contribution in [3.8, 4) is 0 Å². The molecule has 1 atom stereocenters. The van der Waals surface area contributed by atoms with Crippen LogP contribution in [-0.4, -0.2) is 30.0 Å². The topological polar surface area (TPSA) is 80.7 Å². The fraction of sp³-hybridized carbons (Fsp3) is 0.933. The molecule has 7 heteroatoms. The molecule has 0 aromatic heterocycles. The summed E-state index contributed by atoms with van der Waals surface area (Å²) in [6.07, 6.45) is 7.28. The summed E-state index contributed by atoms with van der Waals surface area (Å²) in [5.74, 6) is -1.65. The van der Waals surface area contributed by atoms with Gasteiger partial charge in [-0.15, -0.1) is 0 Å². The van der Waals surface area contributed by atoms with Gasteiger partial charge in [0.1, 0.15) is 6.10 Å². The minimum atomic E-state index is -5.16. The molecule has 0 heterocycles. The number of hydrogen-bond acceptors (Lipinski definition) is 4. The summed E-state index contributed by atoms with van der Waals surface area (Å²) in [5.41, 5.74) is 0. The molecule has 0 aromatic carbocycles. The smallest absolute Gasteiger partial charge is 0.362 e. The van der Waals surface area contributed by atoms with Gasteiger partial charge in [0.2, 0.25) is 0 Å². The van der Waals surface area contributed by atoms with Gasteiger partial charge in [0.05, 0.1) is 0 Å². The van der Waals surface area contributed by atoms with Gasteiger partial charge in [0.25, 0.3) is 0 Å². The Hall–Kier alpha value is -0.690. The van der Waals surface area contributed by atoms with Gasteiger partial charge < -0.3 is 4.74 Å². The lowest BCUT2D eigenvalue weighted by molar-refractivity contribution is -0.160. The molecule has 1 unspecified atom stereocenters. The number of carbonyl (C=O) groups is 1. The van der Waals surface area contributed by atoms with Crippen LogP contribution in [0.5, 0.6) is 0 Å². The molecule has 0 saturated heterocycles. The second-order valence-corrected chi connectivity index (χ2v) is 8.17. The van der Waals surface area contributed by atoms with Gasteiger partial charge in [-0.05, 0) is 31.6 Å². The standard InChI is InChI=1S/C15H25FO5S/c16-15(22(18,19)20,11-12-7-3-1-4-8-12)14(17)21-13-9-5-2-6-10-13/h12-13H,1-11H2,(H,18,19,20). The molecule has 5 nitrogen and oxygen atoms in total. The minimum absolute atomic E-state index is 0.209. The molecule has 0 amide bonds. The van der Waals surface area contributed by atoms with E-state index in [1.54, 1.807) is 0 Å². The number of halogens is 1. The van der Waals surface area contributed by atoms with Gasteiger partial charge in [-0.1, -0.05) is 38.5 Å². The number of alkyl halides is 1. The Bertz CT molecular complexity index is 480. The molecule has 22 heavy (non-hydrogen) atoms. The predicted molar refractivity (Wildman–Crippen MR) is 79.5 cm³/mol. The van der Waals surface area contributed by atoms with Gasteiger partial charge in [-0.3, -0.25) is 4.55 Å². The first-order chi connectivity index (χ1) is 10.3. The van der Waals surface area contributed by atoms with Gasteiger partial charge in [0, 0.05) is 6.42 Å². The maximum absolute atomic E-state index is 14.9. The molecular formula is C15H25FO5S. The van der Waals surface area contributed by atoms with Crippen molar-refractivity contribution < 1.29 is 26.9 Å². The number of ether oxygens (including phenoxy) is 1. The highest BCUT2D eigenvalue weighted by Gasteiger charge is 2.54. The van der Waals surface area contributed by atoms with Crippen molar-refractivity contribution in [3.05, 3.63) is 0 Å². The van der Waals surface area contributed by atoms with E-state index in [4.69, 9.17) is 4.74 Å². The maximum atomic E-state index is 14.9. The molecule has 2 aliphatic rings. The van der Waals surface area contributed by atoms with Crippen molar-refractivity contribution >= 4 is 16.1 Å². The van der Waals surface area contributed by atoms with E-state index >= 15 is 0 Å². The number of carbonyl (C=O) groups excluding carboxylic acids is 1. The molecule has 2 fully saturated rings. The van der Waals surface area contributed by atoms with Gasteiger partial charge in [0.15, 0.2) is 0 Å². The zero-order valence-electron chi connectivity index (χ0n) is 12.8. The molecule has 0 bridgehead atoms. The van der Waals surface area contributed by atoms with Crippen molar-refractivity contribution in [2.45, 2.75) is 81.7 Å². The molecule has 2 rings (SSSR count). The minimum Gasteiger partial charge on any atom is -0.459 e. The van der Waals surface area contributed by atoms with E-state index in [1.165, 1.54) is 0 Å². The van der Waals surface area contributed by atoms with Gasteiger partial charge in [-0.2, -0.15) is 8.42 Å². The Labute approximate surface area is 131 Å². The van der Waals surface area contributed by atoms with Crippen molar-refractivity contribution in [3.63, 3.8) is 0 Å². The van der Waals surface area contributed by atoms with E-state index in [9.17, 15) is 22.2 Å². The Morgan fingerprint density at radius 1 is 1.05 bits per heavy atom. The van der Waals surface area contributed by atoms with E-state index in [0.717, 1.165) is 38.5 Å². The summed E-state index contributed by atoms with van der Waals surface area (Å²) in [6, 6.07) is 0. The zero-order valence-corrected chi connectivity index (χ0v) is 13.6. The number of hydrogen-bond donors (Lipinski definition) is 1. The van der Waals surface area contributed by atoms with Crippen molar-refractivity contribution in [2.24, 2.45) is 5.92 Å². The second-order valence-electron chi connectivity index (χ2n) is 6.58. The molecule has 0 spiro atoms. The largest absolute Gasteiger partial charge is 0.459 e. The third kappa shape index (κ3) is 4.19. The van der Waals surface area contributed by atoms with E-state index in [2.05, 4.69) is 0 Å². The average Bonchev–Trinajstić information content (AvgIpc) is 2.48. The molecule has 0 radical (unpaired) electrons. The Balaban J connectivity index is 2.07. The highest BCUT2D eigenvalue weighted by molar-refractivity contribution is 7.87. The zero-order chi connectivity index (χ0) is 16.2. The highest BCUT2D eigenvalue weighted by Crippen LogP contribution is 2.36. The van der Waals surface area contributed by atoms with Crippen LogP contribution in [0.25, 0.3) is 0 Å². The third-order valence-corrected chi connectivity index (χ3v) is 5.97. The lowest BCUT2D eigenvalue weighted by atomic mass is 9.85. The molecule has 2 aliphatic carbocycles. The summed E-state index contributed by atoms with van der Waals surface area (Å²) < 4.78 is 52.2. The summed E-state index contributed by atoms with van der Waals surface area (Å²) >= 11 is 0. The lowest BCUT2D eigenvalue weighted by Gasteiger charge is -2.30. The van der Waals surface area contributed by atoms with E-state index in [1.807, 2.05) is 0 Å². The summed E-state index contributed by atoms with van der Waals surface area (Å²) in [7, 11) is -5.16. The fourth-order valence-corrected chi connectivity index (χ4v) is 4.18. The van der Waals surface area contributed by atoms with Crippen LogP contribution in [0.3, 0.4) is 0 Å². The van der Waals surface area contributed by atoms with Crippen LogP contribution in [-0.2, 0) is 19.6 Å². The summed E-state index contributed by atoms with van der Waals surface area (Å²) in [5, 5.41) is -3.33. The van der Waals surface area contributed by atoms with Gasteiger partial charge in [-0.25, -0.2) is 9.18 Å². The van der Waals surface area contributed by atoms with E-state index in [-0.39, 0.29) is 5.92 Å². The lowest BCUT2D eigenvalue weighted by Crippen LogP contribution is -2.46. The molecular weight excluding hydrogens is 311 g/mol. The van der Waals surface area contributed by atoms with Crippen molar-refractivity contribution in [2.75, 3.05) is 0 Å². The molecule has 0 aromatic rings. The predicted octanol–water partition coefficient (Wildman–Crippen LogP) is 3.39. The van der Waals surface area contributed by atoms with E-state index in [0.29, 0.717) is 25.7 Å². The maximum Gasteiger partial charge on any atom is 0.362 e. The first kappa shape index (κ1) is 17.7. The van der Waals surface area contributed by atoms with Crippen LogP contribution in [0.1, 0.15) is 70.6 Å². The van der Waals surface area contributed by atoms with Crippen molar-refractivity contribution in [1.29, 1.82) is 0 Å². The SMILES string of the molecule is O=C(OC1CCCCC1)C(F)(CC1CCCCC1)S(=O)(=O)O. The average molecular weight is 336 g/mol. The van der Waals surface area contributed by atoms with Crippen LogP contribution in [0.15, 0.2) is 0 Å². The van der Waals surface area contributed by atoms with Crippen LogP contribution in [0.4, 0.5) is 4.39 Å². The molecule has 0 aliphatic heterocycles. The molecule has 1 N–H and O–H groups in total. The number of rotatable bonds is 5. The quantitative estimate of drug-likeness (QED) is 0.615. The summed E-state index contributed by atoms with van der Waals surface area (Å²) in [4.78, 5) is 12.1. The Morgan fingerprint density at radius 3 is 2.05 bits per heavy atom. The van der Waals surface area contributed by atoms with Gasteiger partial charge >= 0.3 is 21.1 Å². The second kappa shape index (κ2) is 7.25. The summed E-state index contributed by atoms with van der Waals surface area (Å²) in [6.45, 7) is 0. The Kier molecular flexibility index (Phi) is 5.82. The normalized spacial score (nSPS) is 24.6.